The van der Waals surface area contributed by atoms with Gasteiger partial charge in [-0.3, -0.25) is 9.97 Å². The van der Waals surface area contributed by atoms with Gasteiger partial charge in [-0.05, 0) is 30.7 Å². The van der Waals surface area contributed by atoms with Gasteiger partial charge in [0.1, 0.15) is 0 Å². The van der Waals surface area contributed by atoms with Crippen LogP contribution in [0.3, 0.4) is 0 Å². The van der Waals surface area contributed by atoms with Crippen LogP contribution in [0.25, 0.3) is 10.9 Å². The SMILES string of the molecule is CCCNC(c1ccc2cccnc2c1)c1cncs1. The van der Waals surface area contributed by atoms with Crippen molar-refractivity contribution in [3.8, 4) is 0 Å². The van der Waals surface area contributed by atoms with Crippen molar-refractivity contribution < 1.29 is 0 Å². The number of benzene rings is 1. The molecule has 0 aliphatic rings. The maximum atomic E-state index is 4.45. The summed E-state index contributed by atoms with van der Waals surface area (Å²) < 4.78 is 0. The number of nitrogens with one attached hydrogen (secondary N) is 1. The fourth-order valence-electron chi connectivity index (χ4n) is 2.30. The van der Waals surface area contributed by atoms with Gasteiger partial charge < -0.3 is 5.32 Å². The van der Waals surface area contributed by atoms with Crippen LogP contribution in [0, 0.1) is 0 Å². The van der Waals surface area contributed by atoms with Crippen LogP contribution < -0.4 is 5.32 Å². The molecule has 1 atom stereocenters. The quantitative estimate of drug-likeness (QED) is 0.774. The maximum Gasteiger partial charge on any atom is 0.0794 e. The van der Waals surface area contributed by atoms with E-state index in [0.29, 0.717) is 0 Å². The molecule has 0 amide bonds. The van der Waals surface area contributed by atoms with E-state index < -0.39 is 0 Å². The minimum atomic E-state index is 0.203. The Morgan fingerprint density at radius 2 is 2.25 bits per heavy atom. The lowest BCUT2D eigenvalue weighted by Crippen LogP contribution is -2.22. The van der Waals surface area contributed by atoms with Gasteiger partial charge in [-0.1, -0.05) is 25.1 Å². The molecule has 102 valence electrons. The first-order valence-electron chi connectivity index (χ1n) is 6.85. The average Bonchev–Trinajstić information content (AvgIpc) is 3.02. The van der Waals surface area contributed by atoms with Gasteiger partial charge in [-0.25, -0.2) is 0 Å². The zero-order valence-electron chi connectivity index (χ0n) is 11.4. The lowest BCUT2D eigenvalue weighted by atomic mass is 10.0. The van der Waals surface area contributed by atoms with Crippen molar-refractivity contribution in [2.45, 2.75) is 19.4 Å². The number of hydrogen-bond acceptors (Lipinski definition) is 4. The Kier molecular flexibility index (Phi) is 4.04. The first-order chi connectivity index (χ1) is 9.88. The van der Waals surface area contributed by atoms with E-state index in [1.54, 1.807) is 11.3 Å². The summed E-state index contributed by atoms with van der Waals surface area (Å²) in [6.45, 7) is 3.17. The number of aromatic nitrogens is 2. The summed E-state index contributed by atoms with van der Waals surface area (Å²) in [6, 6.07) is 10.7. The molecule has 1 N–H and O–H groups in total. The standard InChI is InChI=1S/C16H17N3S/c1-2-7-19-16(15-10-17-11-20-15)13-6-5-12-4-3-8-18-14(12)9-13/h3-6,8-11,16,19H,2,7H2,1H3. The average molecular weight is 283 g/mol. The summed E-state index contributed by atoms with van der Waals surface area (Å²) in [5.41, 5.74) is 4.17. The van der Waals surface area contributed by atoms with E-state index in [0.717, 1.165) is 18.5 Å². The molecule has 3 nitrogen and oxygen atoms in total. The Balaban J connectivity index is 1.99. The van der Waals surface area contributed by atoms with Crippen molar-refractivity contribution in [3.05, 3.63) is 58.7 Å². The highest BCUT2D eigenvalue weighted by Crippen LogP contribution is 2.27. The minimum absolute atomic E-state index is 0.203. The molecule has 0 saturated heterocycles. The molecule has 0 aliphatic carbocycles. The van der Waals surface area contributed by atoms with E-state index in [2.05, 4.69) is 46.5 Å². The highest BCUT2D eigenvalue weighted by atomic mass is 32.1. The normalized spacial score (nSPS) is 12.7. The molecule has 4 heteroatoms. The van der Waals surface area contributed by atoms with Crippen LogP contribution in [-0.2, 0) is 0 Å². The van der Waals surface area contributed by atoms with Crippen molar-refractivity contribution >= 4 is 22.2 Å². The number of thiazole rings is 1. The lowest BCUT2D eigenvalue weighted by molar-refractivity contribution is 0.605. The summed E-state index contributed by atoms with van der Waals surface area (Å²) in [4.78, 5) is 9.89. The molecule has 1 unspecified atom stereocenters. The van der Waals surface area contributed by atoms with Gasteiger partial charge in [0.05, 0.1) is 17.1 Å². The zero-order chi connectivity index (χ0) is 13.8. The second-order valence-corrected chi connectivity index (χ2v) is 5.66. The minimum Gasteiger partial charge on any atom is -0.306 e. The first kappa shape index (κ1) is 13.2. The Labute approximate surface area is 122 Å². The van der Waals surface area contributed by atoms with Crippen LogP contribution in [0.5, 0.6) is 0 Å². The Bertz CT molecular complexity index is 679. The van der Waals surface area contributed by atoms with E-state index in [9.17, 15) is 0 Å². The molecule has 0 fully saturated rings. The number of pyridine rings is 1. The Morgan fingerprint density at radius 1 is 1.30 bits per heavy atom. The highest BCUT2D eigenvalue weighted by molar-refractivity contribution is 7.09. The fourth-order valence-corrected chi connectivity index (χ4v) is 3.02. The summed E-state index contributed by atoms with van der Waals surface area (Å²) in [6.07, 6.45) is 4.90. The summed E-state index contributed by atoms with van der Waals surface area (Å²) >= 11 is 1.69. The van der Waals surface area contributed by atoms with Gasteiger partial charge in [0.15, 0.2) is 0 Å². The van der Waals surface area contributed by atoms with Crippen LogP contribution in [0.4, 0.5) is 0 Å². The van der Waals surface area contributed by atoms with Crippen LogP contribution >= 0.6 is 11.3 Å². The topological polar surface area (TPSA) is 37.8 Å². The third kappa shape index (κ3) is 2.71. The Morgan fingerprint density at radius 3 is 3.05 bits per heavy atom. The lowest BCUT2D eigenvalue weighted by Gasteiger charge is -2.17. The van der Waals surface area contributed by atoms with Gasteiger partial charge in [0.25, 0.3) is 0 Å². The number of rotatable bonds is 5. The first-order valence-corrected chi connectivity index (χ1v) is 7.73. The molecular formula is C16H17N3S. The molecule has 2 aromatic heterocycles. The van der Waals surface area contributed by atoms with Crippen LogP contribution in [0.2, 0.25) is 0 Å². The molecule has 0 aliphatic heterocycles. The molecular weight excluding hydrogens is 266 g/mol. The molecule has 20 heavy (non-hydrogen) atoms. The zero-order valence-corrected chi connectivity index (χ0v) is 12.2. The predicted octanol–water partition coefficient (Wildman–Crippen LogP) is 3.78. The molecule has 1 aromatic carbocycles. The van der Waals surface area contributed by atoms with Crippen molar-refractivity contribution in [1.82, 2.24) is 15.3 Å². The summed E-state index contributed by atoms with van der Waals surface area (Å²) in [5, 5.41) is 4.77. The number of hydrogen-bond donors (Lipinski definition) is 1. The second kappa shape index (κ2) is 6.11. The smallest absolute Gasteiger partial charge is 0.0794 e. The summed E-state index contributed by atoms with van der Waals surface area (Å²) in [7, 11) is 0. The van der Waals surface area contributed by atoms with E-state index in [4.69, 9.17) is 0 Å². The molecule has 0 saturated carbocycles. The molecule has 3 aromatic rings. The third-order valence-electron chi connectivity index (χ3n) is 3.30. The van der Waals surface area contributed by atoms with Gasteiger partial charge in [0, 0.05) is 22.7 Å². The van der Waals surface area contributed by atoms with Gasteiger partial charge in [0.2, 0.25) is 0 Å². The van der Waals surface area contributed by atoms with E-state index in [-0.39, 0.29) is 6.04 Å². The predicted molar refractivity (Wildman–Crippen MR) is 84.0 cm³/mol. The maximum absolute atomic E-state index is 4.45. The van der Waals surface area contributed by atoms with Crippen LogP contribution in [0.1, 0.15) is 29.8 Å². The molecule has 3 rings (SSSR count). The van der Waals surface area contributed by atoms with Crippen molar-refractivity contribution in [3.63, 3.8) is 0 Å². The molecule has 0 spiro atoms. The fraction of sp³-hybridized carbons (Fsp3) is 0.250. The number of nitrogens with zero attached hydrogens (tertiary/aromatic N) is 2. The van der Waals surface area contributed by atoms with Crippen molar-refractivity contribution in [2.75, 3.05) is 6.54 Å². The van der Waals surface area contributed by atoms with Gasteiger partial charge in [-0.15, -0.1) is 11.3 Å². The Hall–Kier alpha value is -1.78. The summed E-state index contributed by atoms with van der Waals surface area (Å²) in [5.74, 6) is 0. The van der Waals surface area contributed by atoms with Crippen LogP contribution in [0.15, 0.2) is 48.2 Å². The third-order valence-corrected chi connectivity index (χ3v) is 4.14. The molecule has 2 heterocycles. The molecule has 0 bridgehead atoms. The second-order valence-electron chi connectivity index (χ2n) is 4.75. The van der Waals surface area contributed by atoms with Gasteiger partial charge in [-0.2, -0.15) is 0 Å². The van der Waals surface area contributed by atoms with Crippen molar-refractivity contribution in [2.24, 2.45) is 0 Å². The highest BCUT2D eigenvalue weighted by Gasteiger charge is 2.15. The molecule has 0 radical (unpaired) electrons. The van der Waals surface area contributed by atoms with Crippen LogP contribution in [-0.4, -0.2) is 16.5 Å². The van der Waals surface area contributed by atoms with E-state index in [1.165, 1.54) is 15.8 Å². The monoisotopic (exact) mass is 283 g/mol. The van der Waals surface area contributed by atoms with Crippen molar-refractivity contribution in [1.29, 1.82) is 0 Å². The largest absolute Gasteiger partial charge is 0.306 e. The van der Waals surface area contributed by atoms with E-state index >= 15 is 0 Å². The number of fused-ring (bicyclic) bond motifs is 1. The van der Waals surface area contributed by atoms with Gasteiger partial charge >= 0.3 is 0 Å². The van der Waals surface area contributed by atoms with E-state index in [1.807, 2.05) is 24.0 Å².